The number of unbranched alkanes of at least 4 members (excludes halogenated alkanes) is 1. The van der Waals surface area contributed by atoms with Gasteiger partial charge in [-0.2, -0.15) is 0 Å². The van der Waals surface area contributed by atoms with E-state index in [0.717, 1.165) is 32.0 Å². The van der Waals surface area contributed by atoms with Crippen LogP contribution in [0.2, 0.25) is 0 Å². The predicted molar refractivity (Wildman–Crippen MR) is 61.2 cm³/mol. The molecule has 1 rings (SSSR count). The van der Waals surface area contributed by atoms with E-state index in [2.05, 4.69) is 30.1 Å². The molecule has 1 unspecified atom stereocenters. The van der Waals surface area contributed by atoms with Crippen LogP contribution in [0.1, 0.15) is 32.6 Å². The van der Waals surface area contributed by atoms with Gasteiger partial charge < -0.3 is 5.32 Å². The molecule has 1 fully saturated rings. The number of hydrogen-bond acceptors (Lipinski definition) is 2. The van der Waals surface area contributed by atoms with Crippen LogP contribution in [0.25, 0.3) is 0 Å². The van der Waals surface area contributed by atoms with Gasteiger partial charge in [-0.15, -0.1) is 12.3 Å². The summed E-state index contributed by atoms with van der Waals surface area (Å²) >= 11 is 0. The first-order chi connectivity index (χ1) is 6.75. The van der Waals surface area contributed by atoms with Gasteiger partial charge >= 0.3 is 0 Å². The lowest BCUT2D eigenvalue weighted by atomic mass is 10.2. The molecule has 14 heavy (non-hydrogen) atoms. The SMILES string of the molecule is C#CCCCNCC(C)N(C)C1CC1. The second kappa shape index (κ2) is 6.06. The molecule has 2 heteroatoms. The van der Waals surface area contributed by atoms with Gasteiger partial charge in [-0.1, -0.05) is 0 Å². The summed E-state index contributed by atoms with van der Waals surface area (Å²) < 4.78 is 0. The molecule has 80 valence electrons. The van der Waals surface area contributed by atoms with Gasteiger partial charge in [0.2, 0.25) is 0 Å². The summed E-state index contributed by atoms with van der Waals surface area (Å²) in [5.74, 6) is 2.66. The first kappa shape index (κ1) is 11.6. The second-order valence-corrected chi connectivity index (χ2v) is 4.26. The van der Waals surface area contributed by atoms with E-state index in [1.54, 1.807) is 0 Å². The van der Waals surface area contributed by atoms with Crippen molar-refractivity contribution in [1.82, 2.24) is 10.2 Å². The van der Waals surface area contributed by atoms with Gasteiger partial charge in [0.25, 0.3) is 0 Å². The van der Waals surface area contributed by atoms with Crippen LogP contribution in [-0.4, -0.2) is 37.1 Å². The maximum atomic E-state index is 5.18. The normalized spacial score (nSPS) is 18.1. The number of hydrogen-bond donors (Lipinski definition) is 1. The molecule has 0 saturated heterocycles. The Morgan fingerprint density at radius 1 is 1.57 bits per heavy atom. The van der Waals surface area contributed by atoms with Crippen molar-refractivity contribution in [2.45, 2.75) is 44.7 Å². The molecule has 2 nitrogen and oxygen atoms in total. The van der Waals surface area contributed by atoms with Crippen LogP contribution >= 0.6 is 0 Å². The number of nitrogens with one attached hydrogen (secondary N) is 1. The first-order valence-corrected chi connectivity index (χ1v) is 5.62. The predicted octanol–water partition coefficient (Wildman–Crippen LogP) is 1.47. The molecule has 0 heterocycles. The minimum Gasteiger partial charge on any atom is -0.315 e. The Morgan fingerprint density at radius 3 is 2.86 bits per heavy atom. The van der Waals surface area contributed by atoms with E-state index >= 15 is 0 Å². The van der Waals surface area contributed by atoms with E-state index < -0.39 is 0 Å². The van der Waals surface area contributed by atoms with Crippen LogP contribution < -0.4 is 5.32 Å². The maximum absolute atomic E-state index is 5.18. The minimum atomic E-state index is 0.647. The molecule has 1 aliphatic carbocycles. The molecule has 0 aromatic rings. The average molecular weight is 194 g/mol. The van der Waals surface area contributed by atoms with Crippen molar-refractivity contribution in [2.75, 3.05) is 20.1 Å². The smallest absolute Gasteiger partial charge is 0.0192 e. The fraction of sp³-hybridized carbons (Fsp3) is 0.833. The first-order valence-electron chi connectivity index (χ1n) is 5.62. The van der Waals surface area contributed by atoms with Crippen molar-refractivity contribution in [3.8, 4) is 12.3 Å². The van der Waals surface area contributed by atoms with Crippen LogP contribution in [0.4, 0.5) is 0 Å². The summed E-state index contributed by atoms with van der Waals surface area (Å²) in [7, 11) is 2.23. The Hall–Kier alpha value is -0.520. The number of likely N-dealkylation sites (N-methyl/N-ethyl adjacent to an activating group) is 1. The molecule has 1 N–H and O–H groups in total. The van der Waals surface area contributed by atoms with Gasteiger partial charge in [0.05, 0.1) is 0 Å². The second-order valence-electron chi connectivity index (χ2n) is 4.26. The molecule has 0 bridgehead atoms. The van der Waals surface area contributed by atoms with Crippen LogP contribution in [0.5, 0.6) is 0 Å². The molecule has 0 amide bonds. The van der Waals surface area contributed by atoms with Gasteiger partial charge in [0.1, 0.15) is 0 Å². The summed E-state index contributed by atoms with van der Waals surface area (Å²) in [4.78, 5) is 2.48. The fourth-order valence-electron chi connectivity index (χ4n) is 1.61. The molecule has 0 aromatic carbocycles. The highest BCUT2D eigenvalue weighted by atomic mass is 15.2. The highest BCUT2D eigenvalue weighted by Crippen LogP contribution is 2.26. The monoisotopic (exact) mass is 194 g/mol. The summed E-state index contributed by atoms with van der Waals surface area (Å²) in [6.07, 6.45) is 9.94. The topological polar surface area (TPSA) is 15.3 Å². The maximum Gasteiger partial charge on any atom is 0.0192 e. The highest BCUT2D eigenvalue weighted by molar-refractivity contribution is 4.86. The molecule has 1 saturated carbocycles. The number of rotatable bonds is 7. The zero-order chi connectivity index (χ0) is 10.4. The Labute approximate surface area is 88.1 Å². The Bertz CT molecular complexity index is 191. The third-order valence-corrected chi connectivity index (χ3v) is 2.93. The van der Waals surface area contributed by atoms with Crippen LogP contribution in [-0.2, 0) is 0 Å². The average Bonchev–Trinajstić information content (AvgIpc) is 2.99. The van der Waals surface area contributed by atoms with E-state index in [9.17, 15) is 0 Å². The lowest BCUT2D eigenvalue weighted by Gasteiger charge is -2.24. The number of terminal acetylenes is 1. The summed E-state index contributed by atoms with van der Waals surface area (Å²) in [5, 5.41) is 3.45. The molecule has 1 atom stereocenters. The summed E-state index contributed by atoms with van der Waals surface area (Å²) in [6, 6.07) is 1.51. The van der Waals surface area contributed by atoms with E-state index in [1.807, 2.05) is 0 Å². The van der Waals surface area contributed by atoms with E-state index in [1.165, 1.54) is 12.8 Å². The van der Waals surface area contributed by atoms with Gasteiger partial charge in [-0.25, -0.2) is 0 Å². The third-order valence-electron chi connectivity index (χ3n) is 2.93. The largest absolute Gasteiger partial charge is 0.315 e. The highest BCUT2D eigenvalue weighted by Gasteiger charge is 2.28. The van der Waals surface area contributed by atoms with Crippen molar-refractivity contribution in [1.29, 1.82) is 0 Å². The van der Waals surface area contributed by atoms with E-state index in [-0.39, 0.29) is 0 Å². The van der Waals surface area contributed by atoms with Crippen LogP contribution in [0, 0.1) is 12.3 Å². The van der Waals surface area contributed by atoms with E-state index in [4.69, 9.17) is 6.42 Å². The lowest BCUT2D eigenvalue weighted by Crippen LogP contribution is -2.39. The molecule has 0 radical (unpaired) electrons. The van der Waals surface area contributed by atoms with Crippen molar-refractivity contribution >= 4 is 0 Å². The fourth-order valence-corrected chi connectivity index (χ4v) is 1.61. The molecule has 0 spiro atoms. The van der Waals surface area contributed by atoms with Gasteiger partial charge in [0, 0.05) is 25.0 Å². The van der Waals surface area contributed by atoms with Crippen molar-refractivity contribution < 1.29 is 0 Å². The van der Waals surface area contributed by atoms with Gasteiger partial charge in [0.15, 0.2) is 0 Å². The third kappa shape index (κ3) is 4.13. The summed E-state index contributed by atoms with van der Waals surface area (Å²) in [6.45, 7) is 4.41. The minimum absolute atomic E-state index is 0.647. The van der Waals surface area contributed by atoms with Crippen LogP contribution in [0.15, 0.2) is 0 Å². The van der Waals surface area contributed by atoms with Crippen molar-refractivity contribution in [3.63, 3.8) is 0 Å². The van der Waals surface area contributed by atoms with Crippen LogP contribution in [0.3, 0.4) is 0 Å². The van der Waals surface area contributed by atoms with Crippen molar-refractivity contribution in [3.05, 3.63) is 0 Å². The Morgan fingerprint density at radius 2 is 2.29 bits per heavy atom. The zero-order valence-corrected chi connectivity index (χ0v) is 9.42. The molecule has 0 aliphatic heterocycles. The molecular formula is C12H22N2. The van der Waals surface area contributed by atoms with Crippen molar-refractivity contribution in [2.24, 2.45) is 0 Å². The van der Waals surface area contributed by atoms with Gasteiger partial charge in [-0.05, 0) is 39.8 Å². The Kier molecular flexibility index (Phi) is 5.00. The molecular weight excluding hydrogens is 172 g/mol. The quantitative estimate of drug-likeness (QED) is 0.488. The molecule has 1 aliphatic rings. The Balaban J connectivity index is 1.97. The number of nitrogens with zero attached hydrogens (tertiary/aromatic N) is 1. The zero-order valence-electron chi connectivity index (χ0n) is 9.42. The summed E-state index contributed by atoms with van der Waals surface area (Å²) in [5.41, 5.74) is 0. The van der Waals surface area contributed by atoms with Gasteiger partial charge in [-0.3, -0.25) is 4.90 Å². The molecule has 0 aromatic heterocycles. The standard InChI is InChI=1S/C12H22N2/c1-4-5-6-9-13-10-11(2)14(3)12-7-8-12/h1,11-13H,5-10H2,2-3H3. The van der Waals surface area contributed by atoms with E-state index in [0.29, 0.717) is 6.04 Å². The lowest BCUT2D eigenvalue weighted by molar-refractivity contribution is 0.241.